The predicted octanol–water partition coefficient (Wildman–Crippen LogP) is 1.99. The fraction of sp³-hybridized carbons (Fsp3) is 1.00. The second kappa shape index (κ2) is 4.19. The molecule has 1 unspecified atom stereocenters. The Morgan fingerprint density at radius 3 is 2.57 bits per heavy atom. The van der Waals surface area contributed by atoms with Crippen molar-refractivity contribution in [2.75, 3.05) is 19.6 Å². The molecule has 2 N–H and O–H groups in total. The summed E-state index contributed by atoms with van der Waals surface area (Å²) in [7, 11) is 0. The number of hydrogen-bond acceptors (Lipinski definition) is 2. The molecule has 1 aliphatic heterocycles. The average Bonchev–Trinajstić information content (AvgIpc) is 2.51. The third-order valence-electron chi connectivity index (χ3n) is 3.97. The van der Waals surface area contributed by atoms with Gasteiger partial charge in [0.1, 0.15) is 0 Å². The Morgan fingerprint density at radius 1 is 1.29 bits per heavy atom. The Kier molecular flexibility index (Phi) is 3.13. The molecule has 0 bridgehead atoms. The topological polar surface area (TPSA) is 29.3 Å². The van der Waals surface area contributed by atoms with E-state index in [1.54, 1.807) is 0 Å². The minimum Gasteiger partial charge on any atom is -0.326 e. The molecule has 0 aromatic heterocycles. The van der Waals surface area contributed by atoms with E-state index in [0.29, 0.717) is 11.5 Å². The highest BCUT2D eigenvalue weighted by Gasteiger charge is 2.31. The molecule has 82 valence electrons. The van der Waals surface area contributed by atoms with E-state index in [9.17, 15) is 0 Å². The van der Waals surface area contributed by atoms with Crippen molar-refractivity contribution in [3.8, 4) is 0 Å². The Balaban J connectivity index is 1.83. The lowest BCUT2D eigenvalue weighted by Gasteiger charge is -2.37. The molecule has 0 spiro atoms. The molecule has 0 aromatic rings. The predicted molar refractivity (Wildman–Crippen MR) is 60.2 cm³/mol. The van der Waals surface area contributed by atoms with Crippen LogP contribution in [0.25, 0.3) is 0 Å². The van der Waals surface area contributed by atoms with E-state index in [1.165, 1.54) is 51.6 Å². The van der Waals surface area contributed by atoms with Gasteiger partial charge < -0.3 is 10.6 Å². The lowest BCUT2D eigenvalue weighted by atomic mass is 9.75. The molecule has 1 saturated carbocycles. The maximum absolute atomic E-state index is 5.93. The van der Waals surface area contributed by atoms with E-state index in [1.807, 2.05) is 0 Å². The molecular formula is C12H24N2. The molecule has 2 nitrogen and oxygen atoms in total. The lowest BCUT2D eigenvalue weighted by molar-refractivity contribution is 0.138. The summed E-state index contributed by atoms with van der Waals surface area (Å²) >= 11 is 0. The zero-order chi connectivity index (χ0) is 10.0. The molecule has 1 saturated heterocycles. The van der Waals surface area contributed by atoms with Crippen molar-refractivity contribution in [2.24, 2.45) is 11.1 Å². The zero-order valence-electron chi connectivity index (χ0n) is 9.47. The van der Waals surface area contributed by atoms with Crippen molar-refractivity contribution < 1.29 is 0 Å². The van der Waals surface area contributed by atoms with Gasteiger partial charge in [-0.1, -0.05) is 26.2 Å². The summed E-state index contributed by atoms with van der Waals surface area (Å²) in [4.78, 5) is 2.58. The quantitative estimate of drug-likeness (QED) is 0.732. The lowest BCUT2D eigenvalue weighted by Crippen LogP contribution is -2.37. The van der Waals surface area contributed by atoms with Gasteiger partial charge >= 0.3 is 0 Å². The van der Waals surface area contributed by atoms with Gasteiger partial charge in [0, 0.05) is 19.1 Å². The molecule has 2 rings (SSSR count). The van der Waals surface area contributed by atoms with Crippen molar-refractivity contribution in [1.29, 1.82) is 0 Å². The second-order valence-corrected chi connectivity index (χ2v) is 5.66. The summed E-state index contributed by atoms with van der Waals surface area (Å²) in [5.41, 5.74) is 6.53. The van der Waals surface area contributed by atoms with Crippen LogP contribution in [0.4, 0.5) is 0 Å². The van der Waals surface area contributed by atoms with Crippen LogP contribution in [-0.2, 0) is 0 Å². The van der Waals surface area contributed by atoms with Crippen LogP contribution in [0.3, 0.4) is 0 Å². The third-order valence-corrected chi connectivity index (χ3v) is 3.97. The van der Waals surface area contributed by atoms with E-state index in [2.05, 4.69) is 11.8 Å². The van der Waals surface area contributed by atoms with Crippen LogP contribution in [-0.4, -0.2) is 30.6 Å². The van der Waals surface area contributed by atoms with E-state index >= 15 is 0 Å². The van der Waals surface area contributed by atoms with Crippen molar-refractivity contribution >= 4 is 0 Å². The number of rotatable bonds is 2. The first-order valence-corrected chi connectivity index (χ1v) is 6.16. The number of nitrogens with two attached hydrogens (primary N) is 1. The smallest absolute Gasteiger partial charge is 0.0180 e. The molecule has 14 heavy (non-hydrogen) atoms. The molecule has 1 heterocycles. The minimum absolute atomic E-state index is 0.446. The van der Waals surface area contributed by atoms with E-state index < -0.39 is 0 Å². The van der Waals surface area contributed by atoms with Crippen LogP contribution in [0.2, 0.25) is 0 Å². The largest absolute Gasteiger partial charge is 0.326 e. The standard InChI is InChI=1S/C12H24N2/c1-12(6-3-2-4-7-12)10-14-8-5-11(13)9-14/h11H,2-10,13H2,1H3. The van der Waals surface area contributed by atoms with Crippen LogP contribution in [0.15, 0.2) is 0 Å². The zero-order valence-corrected chi connectivity index (χ0v) is 9.47. The van der Waals surface area contributed by atoms with Gasteiger partial charge in [0.2, 0.25) is 0 Å². The van der Waals surface area contributed by atoms with Crippen LogP contribution in [0.1, 0.15) is 45.4 Å². The van der Waals surface area contributed by atoms with Crippen molar-refractivity contribution in [2.45, 2.75) is 51.5 Å². The first kappa shape index (κ1) is 10.4. The van der Waals surface area contributed by atoms with Gasteiger partial charge in [-0.05, 0) is 31.2 Å². The first-order valence-electron chi connectivity index (χ1n) is 6.16. The molecule has 1 aliphatic carbocycles. The number of likely N-dealkylation sites (tertiary alicyclic amines) is 1. The van der Waals surface area contributed by atoms with Crippen LogP contribution < -0.4 is 5.73 Å². The van der Waals surface area contributed by atoms with Crippen molar-refractivity contribution in [3.05, 3.63) is 0 Å². The highest BCUT2D eigenvalue weighted by atomic mass is 15.2. The summed E-state index contributed by atoms with van der Waals surface area (Å²) in [6.07, 6.45) is 8.40. The van der Waals surface area contributed by atoms with Gasteiger partial charge in [-0.2, -0.15) is 0 Å². The van der Waals surface area contributed by atoms with E-state index in [-0.39, 0.29) is 0 Å². The minimum atomic E-state index is 0.446. The average molecular weight is 196 g/mol. The molecule has 0 amide bonds. The molecular weight excluding hydrogens is 172 g/mol. The Morgan fingerprint density at radius 2 is 2.00 bits per heavy atom. The van der Waals surface area contributed by atoms with Crippen molar-refractivity contribution in [1.82, 2.24) is 4.90 Å². The summed E-state index contributed by atoms with van der Waals surface area (Å²) < 4.78 is 0. The fourth-order valence-corrected chi connectivity index (χ4v) is 3.11. The van der Waals surface area contributed by atoms with Gasteiger partial charge in [-0.15, -0.1) is 0 Å². The van der Waals surface area contributed by atoms with Crippen LogP contribution in [0.5, 0.6) is 0 Å². The Hall–Kier alpha value is -0.0800. The number of nitrogens with zero attached hydrogens (tertiary/aromatic N) is 1. The van der Waals surface area contributed by atoms with Crippen LogP contribution in [0, 0.1) is 5.41 Å². The highest BCUT2D eigenvalue weighted by Crippen LogP contribution is 2.36. The maximum Gasteiger partial charge on any atom is 0.0180 e. The SMILES string of the molecule is CC1(CN2CCC(N)C2)CCCCC1. The summed E-state index contributed by atoms with van der Waals surface area (Å²) in [5.74, 6) is 0. The fourth-order valence-electron chi connectivity index (χ4n) is 3.11. The molecule has 2 aliphatic rings. The normalized spacial score (nSPS) is 33.4. The summed E-state index contributed by atoms with van der Waals surface area (Å²) in [6.45, 7) is 6.13. The molecule has 0 aromatic carbocycles. The molecule has 2 fully saturated rings. The van der Waals surface area contributed by atoms with Gasteiger partial charge in [-0.3, -0.25) is 0 Å². The summed E-state index contributed by atoms with van der Waals surface area (Å²) in [6, 6.07) is 0.446. The maximum atomic E-state index is 5.93. The Bertz CT molecular complexity index is 185. The molecule has 0 radical (unpaired) electrons. The van der Waals surface area contributed by atoms with Gasteiger partial charge in [0.25, 0.3) is 0 Å². The van der Waals surface area contributed by atoms with Crippen LogP contribution >= 0.6 is 0 Å². The van der Waals surface area contributed by atoms with Gasteiger partial charge in [0.05, 0.1) is 0 Å². The molecule has 1 atom stereocenters. The molecule has 2 heteroatoms. The third kappa shape index (κ3) is 2.48. The first-order chi connectivity index (χ1) is 6.68. The van der Waals surface area contributed by atoms with E-state index in [4.69, 9.17) is 5.73 Å². The summed E-state index contributed by atoms with van der Waals surface area (Å²) in [5, 5.41) is 0. The van der Waals surface area contributed by atoms with Gasteiger partial charge in [-0.25, -0.2) is 0 Å². The van der Waals surface area contributed by atoms with Crippen molar-refractivity contribution in [3.63, 3.8) is 0 Å². The second-order valence-electron chi connectivity index (χ2n) is 5.66. The van der Waals surface area contributed by atoms with E-state index in [0.717, 1.165) is 6.54 Å². The monoisotopic (exact) mass is 196 g/mol. The number of hydrogen-bond donors (Lipinski definition) is 1. The Labute approximate surface area is 87.8 Å². The van der Waals surface area contributed by atoms with Gasteiger partial charge in [0.15, 0.2) is 0 Å². The highest BCUT2D eigenvalue weighted by molar-refractivity contribution is 4.86.